The molecule has 0 bridgehead atoms. The van der Waals surface area contributed by atoms with E-state index >= 15 is 0 Å². The van der Waals surface area contributed by atoms with Crippen molar-refractivity contribution in [2.75, 3.05) is 11.9 Å². The molecule has 2 aromatic rings. The first-order valence-corrected chi connectivity index (χ1v) is 7.92. The molecule has 2 rings (SSSR count). The van der Waals surface area contributed by atoms with Gasteiger partial charge in [-0.2, -0.15) is 8.78 Å². The van der Waals surface area contributed by atoms with Crippen molar-refractivity contribution in [3.05, 3.63) is 58.1 Å². The largest absolute Gasteiger partial charge is 0.452 e. The molecule has 8 heteroatoms. The molecule has 0 spiro atoms. The van der Waals surface area contributed by atoms with E-state index in [-0.39, 0.29) is 11.3 Å². The highest BCUT2D eigenvalue weighted by molar-refractivity contribution is 6.34. The number of alkyl halides is 2. The van der Waals surface area contributed by atoms with E-state index in [1.165, 1.54) is 24.3 Å². The first-order chi connectivity index (χ1) is 12.3. The second-order valence-electron chi connectivity index (χ2n) is 5.47. The number of aryl methyl sites for hydroxylation is 2. The Kier molecular flexibility index (Phi) is 6.52. The van der Waals surface area contributed by atoms with Gasteiger partial charge in [0, 0.05) is 0 Å². The fourth-order valence-corrected chi connectivity index (χ4v) is 2.60. The lowest BCUT2D eigenvalue weighted by atomic mass is 10.1. The van der Waals surface area contributed by atoms with Crippen LogP contribution in [0.1, 0.15) is 21.5 Å². The average molecular weight is 384 g/mol. The summed E-state index contributed by atoms with van der Waals surface area (Å²) in [5, 5.41) is 2.98. The molecular formula is C18H16ClF2NO4. The van der Waals surface area contributed by atoms with Gasteiger partial charge in [-0.15, -0.1) is 0 Å². The molecule has 0 atom stereocenters. The van der Waals surface area contributed by atoms with Crippen LogP contribution in [0.2, 0.25) is 5.02 Å². The van der Waals surface area contributed by atoms with Gasteiger partial charge in [0.25, 0.3) is 5.91 Å². The number of amides is 1. The molecule has 0 fully saturated rings. The van der Waals surface area contributed by atoms with E-state index in [9.17, 15) is 18.4 Å². The fraction of sp³-hybridized carbons (Fsp3) is 0.222. The molecule has 26 heavy (non-hydrogen) atoms. The molecule has 0 radical (unpaired) electrons. The van der Waals surface area contributed by atoms with Gasteiger partial charge in [0.05, 0.1) is 16.3 Å². The second-order valence-corrected chi connectivity index (χ2v) is 5.87. The standard InChI is InChI=1S/C18H16ClF2NO4/c1-10-7-11(2)16(14(19)8-10)22-15(23)9-25-17(24)12-3-5-13(6-4-12)26-18(20)21/h3-8,18H,9H2,1-2H3,(H,22,23). The Hall–Kier alpha value is -2.67. The molecule has 1 N–H and O–H groups in total. The van der Waals surface area contributed by atoms with E-state index in [0.29, 0.717) is 10.7 Å². The number of nitrogens with one attached hydrogen (secondary N) is 1. The van der Waals surface area contributed by atoms with Gasteiger partial charge in [-0.05, 0) is 55.3 Å². The lowest BCUT2D eigenvalue weighted by Gasteiger charge is -2.12. The van der Waals surface area contributed by atoms with Crippen LogP contribution in [-0.2, 0) is 9.53 Å². The quantitative estimate of drug-likeness (QED) is 0.753. The fourth-order valence-electron chi connectivity index (χ4n) is 2.24. The minimum absolute atomic E-state index is 0.0845. The van der Waals surface area contributed by atoms with Crippen molar-refractivity contribution in [3.8, 4) is 5.75 Å². The molecule has 0 aliphatic carbocycles. The van der Waals surface area contributed by atoms with Crippen LogP contribution in [0.3, 0.4) is 0 Å². The molecule has 0 saturated heterocycles. The third-order valence-corrected chi connectivity index (χ3v) is 3.64. The van der Waals surface area contributed by atoms with Crippen LogP contribution in [0.25, 0.3) is 0 Å². The van der Waals surface area contributed by atoms with Gasteiger partial charge in [-0.1, -0.05) is 17.7 Å². The molecule has 5 nitrogen and oxygen atoms in total. The van der Waals surface area contributed by atoms with Crippen molar-refractivity contribution in [3.63, 3.8) is 0 Å². The van der Waals surface area contributed by atoms with Crippen LogP contribution in [0.15, 0.2) is 36.4 Å². The predicted octanol–water partition coefficient (Wildman–Crippen LogP) is 4.35. The zero-order chi connectivity index (χ0) is 19.3. The van der Waals surface area contributed by atoms with Crippen LogP contribution in [0.5, 0.6) is 5.75 Å². The third-order valence-electron chi connectivity index (χ3n) is 3.35. The maximum Gasteiger partial charge on any atom is 0.387 e. The first-order valence-electron chi connectivity index (χ1n) is 7.55. The number of carbonyl (C=O) groups is 2. The highest BCUT2D eigenvalue weighted by Crippen LogP contribution is 2.27. The number of halogens is 3. The number of rotatable bonds is 6. The van der Waals surface area contributed by atoms with Crippen LogP contribution < -0.4 is 10.1 Å². The summed E-state index contributed by atoms with van der Waals surface area (Å²) in [6, 6.07) is 8.50. The van der Waals surface area contributed by atoms with Crippen molar-refractivity contribution in [2.24, 2.45) is 0 Å². The van der Waals surface area contributed by atoms with Crippen LogP contribution >= 0.6 is 11.6 Å². The van der Waals surface area contributed by atoms with Crippen LogP contribution in [0, 0.1) is 13.8 Å². The number of benzene rings is 2. The molecule has 0 heterocycles. The van der Waals surface area contributed by atoms with Gasteiger partial charge in [-0.25, -0.2) is 4.79 Å². The van der Waals surface area contributed by atoms with Crippen molar-refractivity contribution in [1.82, 2.24) is 0 Å². The van der Waals surface area contributed by atoms with E-state index < -0.39 is 25.1 Å². The number of esters is 1. The van der Waals surface area contributed by atoms with Crippen LogP contribution in [0.4, 0.5) is 14.5 Å². The molecule has 1 amide bonds. The number of ether oxygens (including phenoxy) is 2. The van der Waals surface area contributed by atoms with Crippen molar-refractivity contribution >= 4 is 29.2 Å². The minimum Gasteiger partial charge on any atom is -0.452 e. The van der Waals surface area contributed by atoms with Crippen molar-refractivity contribution in [1.29, 1.82) is 0 Å². The van der Waals surface area contributed by atoms with Gasteiger partial charge in [-0.3, -0.25) is 4.79 Å². The van der Waals surface area contributed by atoms with Gasteiger partial charge in [0.1, 0.15) is 5.75 Å². The summed E-state index contributed by atoms with van der Waals surface area (Å²) in [6.07, 6.45) is 0. The Bertz CT molecular complexity index is 786. The third kappa shape index (κ3) is 5.42. The van der Waals surface area contributed by atoms with Gasteiger partial charge in [0.2, 0.25) is 0 Å². The van der Waals surface area contributed by atoms with E-state index in [2.05, 4.69) is 10.1 Å². The first kappa shape index (κ1) is 19.7. The number of hydrogen-bond acceptors (Lipinski definition) is 4. The van der Waals surface area contributed by atoms with E-state index in [1.807, 2.05) is 13.0 Å². The number of hydrogen-bond donors (Lipinski definition) is 1. The Labute approximate surface area is 153 Å². The summed E-state index contributed by atoms with van der Waals surface area (Å²) in [6.45, 7) is 0.207. The van der Waals surface area contributed by atoms with Gasteiger partial charge >= 0.3 is 12.6 Å². The van der Waals surface area contributed by atoms with E-state index in [0.717, 1.165) is 11.1 Å². The topological polar surface area (TPSA) is 64.6 Å². The van der Waals surface area contributed by atoms with E-state index in [1.54, 1.807) is 13.0 Å². The highest BCUT2D eigenvalue weighted by atomic mass is 35.5. The Morgan fingerprint density at radius 2 is 1.81 bits per heavy atom. The molecule has 0 saturated carbocycles. The lowest BCUT2D eigenvalue weighted by Crippen LogP contribution is -2.21. The molecule has 2 aromatic carbocycles. The maximum absolute atomic E-state index is 12.1. The van der Waals surface area contributed by atoms with Crippen LogP contribution in [-0.4, -0.2) is 25.1 Å². The highest BCUT2D eigenvalue weighted by Gasteiger charge is 2.14. The predicted molar refractivity (Wildman–Crippen MR) is 92.9 cm³/mol. The second kappa shape index (κ2) is 8.62. The Balaban J connectivity index is 1.92. The maximum atomic E-state index is 12.1. The summed E-state index contributed by atoms with van der Waals surface area (Å²) in [4.78, 5) is 23.9. The molecular weight excluding hydrogens is 368 g/mol. The van der Waals surface area contributed by atoms with Crippen molar-refractivity contribution in [2.45, 2.75) is 20.5 Å². The zero-order valence-corrected chi connectivity index (χ0v) is 14.8. The summed E-state index contributed by atoms with van der Waals surface area (Å²) in [5.74, 6) is -1.40. The van der Waals surface area contributed by atoms with E-state index in [4.69, 9.17) is 16.3 Å². The Morgan fingerprint density at radius 3 is 2.38 bits per heavy atom. The normalized spacial score (nSPS) is 10.5. The summed E-state index contributed by atoms with van der Waals surface area (Å²) >= 11 is 6.10. The summed E-state index contributed by atoms with van der Waals surface area (Å²) in [5.41, 5.74) is 2.29. The number of anilines is 1. The molecule has 0 aliphatic heterocycles. The monoisotopic (exact) mass is 383 g/mol. The molecule has 0 aromatic heterocycles. The average Bonchev–Trinajstić information content (AvgIpc) is 2.56. The van der Waals surface area contributed by atoms with Gasteiger partial charge < -0.3 is 14.8 Å². The summed E-state index contributed by atoms with van der Waals surface area (Å²) < 4.78 is 33.2. The zero-order valence-electron chi connectivity index (χ0n) is 14.0. The summed E-state index contributed by atoms with van der Waals surface area (Å²) in [7, 11) is 0. The minimum atomic E-state index is -2.95. The molecule has 0 unspecified atom stereocenters. The molecule has 0 aliphatic rings. The smallest absolute Gasteiger partial charge is 0.387 e. The SMILES string of the molecule is Cc1cc(C)c(NC(=O)COC(=O)c2ccc(OC(F)F)cc2)c(Cl)c1. The number of carbonyl (C=O) groups excluding carboxylic acids is 2. The van der Waals surface area contributed by atoms with Crippen molar-refractivity contribution < 1.29 is 27.8 Å². The lowest BCUT2D eigenvalue weighted by molar-refractivity contribution is -0.119. The molecule has 138 valence electrons. The Morgan fingerprint density at radius 1 is 1.15 bits per heavy atom. The van der Waals surface area contributed by atoms with Gasteiger partial charge in [0.15, 0.2) is 6.61 Å².